The number of H-pyrrole nitrogens is 2. The Morgan fingerprint density at radius 2 is 0.677 bits per heavy atom. The summed E-state index contributed by atoms with van der Waals surface area (Å²) in [4.78, 5) is 121. The second-order valence-electron chi connectivity index (χ2n) is 22.8. The average Bonchev–Trinajstić information content (AvgIpc) is 1.71. The third kappa shape index (κ3) is 14.7. The summed E-state index contributed by atoms with van der Waals surface area (Å²) in [5.41, 5.74) is 11.6. The lowest BCUT2D eigenvalue weighted by molar-refractivity contribution is -0.270. The van der Waals surface area contributed by atoms with Crippen LogP contribution in [0, 0.1) is 0 Å². The molecule has 7 aromatic rings. The number of fused-ring (bicyclic) bond motifs is 8. The molecule has 7 heterocycles. The molecule has 10 atom stereocenters. The number of methoxy groups -OCH3 is 2. The molecule has 2 amide bonds. The maximum Gasteiger partial charge on any atom is 0.303 e. The molecule has 0 spiro atoms. The second-order valence-corrected chi connectivity index (χ2v) is 22.8. The van der Waals surface area contributed by atoms with E-state index < -0.39 is 109 Å². The normalized spacial score (nSPS) is 21.0. The van der Waals surface area contributed by atoms with Crippen molar-refractivity contribution in [1.82, 2.24) is 30.6 Å². The number of benzene rings is 4. The lowest BCUT2D eigenvalue weighted by Crippen LogP contribution is -2.66. The van der Waals surface area contributed by atoms with Gasteiger partial charge in [-0.3, -0.25) is 38.4 Å². The first-order chi connectivity index (χ1) is 46.2. The third-order valence-electron chi connectivity index (χ3n) is 16.2. The minimum absolute atomic E-state index is 0.198. The maximum atomic E-state index is 14.4. The molecule has 494 valence electrons. The second kappa shape index (κ2) is 29.2. The Morgan fingerprint density at radius 1 is 0.385 bits per heavy atom. The lowest BCUT2D eigenvalue weighted by atomic mass is 9.95. The molecule has 4 aromatic carbocycles. The first-order valence-electron chi connectivity index (χ1n) is 30.7. The van der Waals surface area contributed by atoms with Crippen LogP contribution in [0.3, 0.4) is 0 Å². The Balaban J connectivity index is 1.01. The highest BCUT2D eigenvalue weighted by atomic mass is 16.7. The number of aromatic amines is 2. The molecule has 8 bridgehead atoms. The Bertz CT molecular complexity index is 4100. The van der Waals surface area contributed by atoms with Crippen LogP contribution in [0.1, 0.15) is 85.0 Å². The number of aromatic nitrogens is 4. The van der Waals surface area contributed by atoms with Crippen LogP contribution in [0.25, 0.3) is 90.9 Å². The summed E-state index contributed by atoms with van der Waals surface area (Å²) < 4.78 is 56.5. The van der Waals surface area contributed by atoms with Crippen LogP contribution in [-0.4, -0.2) is 156 Å². The zero-order valence-corrected chi connectivity index (χ0v) is 53.4. The standard InChI is InChI=1S/C72H68N6O18/c1-37(79)89-35-57-65(91-39(3)81)67(93-41(5)83)63(71(87-7)95-57)77-69(85)47-23-19-45(20-24-47)61-53-31-27-49(73-53)59(43-15-11-9-12-16-43)51-29-33-55(75-51)62(56-34-30-52(76-56)60(44-17-13-10-14-18-44)50-28-32-54(61)74-50)46-21-25-48(26-22-46)70(86)78-64-68(94-42(6)84)66(92-40(4)82)58(36-90-38(2)80)96-72(64)88-8/h9-34,57-58,63-68,71-73,76H,35-36H2,1-8H3,(H,77,85)(H,78,86)/t57-,58-,63-,64-,65-,66-,67-,68-,71-,72-/m1/s1. The predicted octanol–water partition coefficient (Wildman–Crippen LogP) is 9.12. The first kappa shape index (κ1) is 66.5. The van der Waals surface area contributed by atoms with Gasteiger partial charge in [-0.15, -0.1) is 0 Å². The average molecular weight is 1310 g/mol. The largest absolute Gasteiger partial charge is 0.463 e. The molecule has 2 fully saturated rings. The summed E-state index contributed by atoms with van der Waals surface area (Å²) in [6.07, 6.45) is -2.32. The van der Waals surface area contributed by atoms with E-state index >= 15 is 0 Å². The molecule has 11 rings (SSSR count). The van der Waals surface area contributed by atoms with E-state index in [-0.39, 0.29) is 24.3 Å². The number of carbonyl (C=O) groups is 8. The molecule has 4 aliphatic heterocycles. The molecule has 24 nitrogen and oxygen atoms in total. The van der Waals surface area contributed by atoms with E-state index in [1.807, 2.05) is 109 Å². The van der Waals surface area contributed by atoms with E-state index in [1.165, 1.54) is 41.9 Å². The van der Waals surface area contributed by atoms with E-state index in [0.29, 0.717) is 67.1 Å². The van der Waals surface area contributed by atoms with Gasteiger partial charge in [-0.25, -0.2) is 9.97 Å². The number of hydrogen-bond acceptors (Lipinski definition) is 20. The molecule has 0 aliphatic carbocycles. The van der Waals surface area contributed by atoms with Crippen LogP contribution in [-0.2, 0) is 76.1 Å². The van der Waals surface area contributed by atoms with Gasteiger partial charge in [0.2, 0.25) is 0 Å². The smallest absolute Gasteiger partial charge is 0.303 e. The van der Waals surface area contributed by atoms with Gasteiger partial charge in [-0.2, -0.15) is 0 Å². The summed E-state index contributed by atoms with van der Waals surface area (Å²) in [7, 11) is 2.65. The van der Waals surface area contributed by atoms with Crippen molar-refractivity contribution in [2.75, 3.05) is 27.4 Å². The summed E-state index contributed by atoms with van der Waals surface area (Å²) in [5, 5.41) is 5.76. The molecule has 24 heteroatoms. The van der Waals surface area contributed by atoms with Crippen molar-refractivity contribution >= 4 is 94.0 Å². The van der Waals surface area contributed by atoms with Crippen molar-refractivity contribution < 1.29 is 85.7 Å². The quantitative estimate of drug-likeness (QED) is 0.0459. The fraction of sp³-hybridized carbons (Fsp3) is 0.278. The number of carbonyl (C=O) groups excluding carboxylic acids is 8. The Labute approximate surface area is 550 Å². The van der Waals surface area contributed by atoms with E-state index in [0.717, 1.165) is 36.1 Å². The summed E-state index contributed by atoms with van der Waals surface area (Å²) >= 11 is 0. The van der Waals surface area contributed by atoms with Gasteiger partial charge in [0.15, 0.2) is 37.0 Å². The molecule has 0 radical (unpaired) electrons. The van der Waals surface area contributed by atoms with Crippen LogP contribution in [0.5, 0.6) is 0 Å². The van der Waals surface area contributed by atoms with Crippen molar-refractivity contribution in [2.45, 2.75) is 103 Å². The molecule has 96 heavy (non-hydrogen) atoms. The van der Waals surface area contributed by atoms with Gasteiger partial charge in [0.1, 0.15) is 37.5 Å². The number of esters is 6. The van der Waals surface area contributed by atoms with Gasteiger partial charge >= 0.3 is 35.8 Å². The van der Waals surface area contributed by atoms with Crippen LogP contribution >= 0.6 is 0 Å². The minimum atomic E-state index is -1.34. The van der Waals surface area contributed by atoms with E-state index in [2.05, 4.69) is 20.6 Å². The highest BCUT2D eigenvalue weighted by molar-refractivity contribution is 6.01. The van der Waals surface area contributed by atoms with Crippen molar-refractivity contribution in [2.24, 2.45) is 0 Å². The van der Waals surface area contributed by atoms with Crippen LogP contribution in [0.15, 0.2) is 133 Å². The fourth-order valence-corrected chi connectivity index (χ4v) is 12.2. The number of rotatable bonds is 18. The SMILES string of the molecule is CO[C@@H]1O[C@H](COC(C)=O)[C@@H](OC(C)=O)[C@H](OC(C)=O)[C@H]1NC(=O)c1ccc(-c2c3nc(c(-c4ccccc4)c4ccc([nH]4)c(-c4ccc(C(=O)N[C@H]5[C@H](OC)O[C@H](COC(C)=O)[C@@H](OC(C)=O)[C@@H]5OC(C)=O)cc4)c4nc(c(-c5ccccc5)c5ccc2[nH]5)C=C4)C=C3)cc1. The highest BCUT2D eigenvalue weighted by Gasteiger charge is 2.53. The Hall–Kier alpha value is -10.9. The lowest BCUT2D eigenvalue weighted by Gasteiger charge is -2.44. The molecule has 0 unspecified atom stereocenters. The molecule has 2 saturated heterocycles. The van der Waals surface area contributed by atoms with Gasteiger partial charge in [-0.1, -0.05) is 84.9 Å². The molecule has 0 saturated carbocycles. The van der Waals surface area contributed by atoms with Crippen molar-refractivity contribution in [3.8, 4) is 44.5 Å². The van der Waals surface area contributed by atoms with Gasteiger partial charge in [-0.05, 0) is 95.1 Å². The minimum Gasteiger partial charge on any atom is -0.463 e. The highest BCUT2D eigenvalue weighted by Crippen LogP contribution is 2.40. The fourth-order valence-electron chi connectivity index (χ4n) is 12.2. The maximum absolute atomic E-state index is 14.4. The number of ether oxygens (including phenoxy) is 10. The van der Waals surface area contributed by atoms with Crippen LogP contribution < -0.4 is 10.6 Å². The van der Waals surface area contributed by atoms with E-state index in [1.54, 1.807) is 48.5 Å². The van der Waals surface area contributed by atoms with Crippen molar-refractivity contribution in [1.29, 1.82) is 0 Å². The topological polar surface area (TPSA) is 310 Å². The van der Waals surface area contributed by atoms with E-state index in [4.69, 9.17) is 57.3 Å². The number of amides is 2. The van der Waals surface area contributed by atoms with Gasteiger partial charge < -0.3 is 68.0 Å². The zero-order chi connectivity index (χ0) is 67.9. The summed E-state index contributed by atoms with van der Waals surface area (Å²) in [6, 6.07) is 38.8. The Morgan fingerprint density at radius 3 is 0.958 bits per heavy atom. The van der Waals surface area contributed by atoms with Crippen molar-refractivity contribution in [3.05, 3.63) is 167 Å². The van der Waals surface area contributed by atoms with Crippen molar-refractivity contribution in [3.63, 3.8) is 0 Å². The molecule has 3 aromatic heterocycles. The summed E-state index contributed by atoms with van der Waals surface area (Å²) in [6.45, 7) is 6.30. The summed E-state index contributed by atoms with van der Waals surface area (Å²) in [5.74, 6) is -5.46. The number of nitrogens with zero attached hydrogens (tertiary/aromatic N) is 2. The Kier molecular flexibility index (Phi) is 20.2. The molecular weight excluding hydrogens is 1240 g/mol. The number of hydrogen-bond donors (Lipinski definition) is 4. The third-order valence-corrected chi connectivity index (χ3v) is 16.2. The molecule has 4 N–H and O–H groups in total. The monoisotopic (exact) mass is 1300 g/mol. The van der Waals surface area contributed by atoms with E-state index in [9.17, 15) is 38.4 Å². The molecule has 4 aliphatic rings. The molecular formula is C72H68N6O18. The van der Waals surface area contributed by atoms with Gasteiger partial charge in [0.25, 0.3) is 11.8 Å². The first-order valence-corrected chi connectivity index (χ1v) is 30.7. The van der Waals surface area contributed by atoms with Gasteiger partial charge in [0.05, 0.1) is 22.8 Å². The zero-order valence-electron chi connectivity index (χ0n) is 53.4. The number of nitrogens with one attached hydrogen (secondary N) is 4. The van der Waals surface area contributed by atoms with Gasteiger partial charge in [0, 0.05) is 111 Å². The predicted molar refractivity (Wildman–Crippen MR) is 350 cm³/mol. The van der Waals surface area contributed by atoms with Crippen LogP contribution in [0.2, 0.25) is 0 Å². The van der Waals surface area contributed by atoms with Crippen LogP contribution in [0.4, 0.5) is 0 Å².